The predicted octanol–water partition coefficient (Wildman–Crippen LogP) is 2.66. The van der Waals surface area contributed by atoms with E-state index in [4.69, 9.17) is 23.2 Å². The maximum atomic E-state index is 13.0. The SMILES string of the molecule is CCCCn1c(=O)n(CCCn2nnc(Cc3ccccc3Cl)n2)c(=O)c2[nH]c(Cl)nc21. The molecule has 0 radical (unpaired) electrons. The van der Waals surface area contributed by atoms with E-state index in [1.54, 1.807) is 0 Å². The van der Waals surface area contributed by atoms with Gasteiger partial charge in [0.25, 0.3) is 5.56 Å². The van der Waals surface area contributed by atoms with Crippen molar-refractivity contribution in [2.24, 2.45) is 0 Å². The number of benzene rings is 1. The van der Waals surface area contributed by atoms with Crippen molar-refractivity contribution in [3.05, 3.63) is 66.8 Å². The summed E-state index contributed by atoms with van der Waals surface area (Å²) < 4.78 is 2.70. The molecule has 4 aromatic rings. The maximum Gasteiger partial charge on any atom is 0.332 e. The first-order chi connectivity index (χ1) is 15.5. The standard InChI is InChI=1S/C20H22Cl2N8O2/c1-2-3-9-28-17-16(23-19(22)24-17)18(31)29(20(28)32)10-6-11-30-26-15(25-27-30)12-13-7-4-5-8-14(13)21/h4-5,7-8H,2-3,6,9-12H2,1H3,(H,23,24). The van der Waals surface area contributed by atoms with Gasteiger partial charge in [-0.25, -0.2) is 4.79 Å². The van der Waals surface area contributed by atoms with Crippen LogP contribution in [0.5, 0.6) is 0 Å². The topological polar surface area (TPSA) is 116 Å². The zero-order valence-electron chi connectivity index (χ0n) is 17.5. The molecule has 0 saturated carbocycles. The van der Waals surface area contributed by atoms with Crippen LogP contribution in [0, 0.1) is 0 Å². The third-order valence-electron chi connectivity index (χ3n) is 5.11. The van der Waals surface area contributed by atoms with Crippen LogP contribution in [0.15, 0.2) is 33.9 Å². The van der Waals surface area contributed by atoms with Crippen molar-refractivity contribution in [1.29, 1.82) is 0 Å². The van der Waals surface area contributed by atoms with Gasteiger partial charge in [-0.05, 0) is 41.3 Å². The number of hydrogen-bond donors (Lipinski definition) is 1. The summed E-state index contributed by atoms with van der Waals surface area (Å²) in [5.74, 6) is 0.547. The number of tetrazole rings is 1. The van der Waals surface area contributed by atoms with E-state index in [-0.39, 0.29) is 23.0 Å². The lowest BCUT2D eigenvalue weighted by atomic mass is 10.1. The van der Waals surface area contributed by atoms with Crippen LogP contribution in [0.2, 0.25) is 10.3 Å². The summed E-state index contributed by atoms with van der Waals surface area (Å²) >= 11 is 12.1. The Morgan fingerprint density at radius 3 is 2.59 bits per heavy atom. The summed E-state index contributed by atoms with van der Waals surface area (Å²) in [6.07, 6.45) is 2.63. The monoisotopic (exact) mass is 476 g/mol. The zero-order chi connectivity index (χ0) is 22.7. The molecule has 0 aliphatic carbocycles. The van der Waals surface area contributed by atoms with Crippen molar-refractivity contribution in [3.8, 4) is 0 Å². The van der Waals surface area contributed by atoms with Gasteiger partial charge >= 0.3 is 5.69 Å². The Hall–Kier alpha value is -2.98. The summed E-state index contributed by atoms with van der Waals surface area (Å²) in [6.45, 7) is 3.10. The number of H-pyrrole nitrogens is 1. The number of hydrogen-bond acceptors (Lipinski definition) is 6. The number of rotatable bonds is 9. The van der Waals surface area contributed by atoms with Gasteiger partial charge in [-0.3, -0.25) is 13.9 Å². The van der Waals surface area contributed by atoms with Crippen LogP contribution >= 0.6 is 23.2 Å². The Morgan fingerprint density at radius 1 is 1.03 bits per heavy atom. The first-order valence-electron chi connectivity index (χ1n) is 10.4. The van der Waals surface area contributed by atoms with Crippen LogP contribution in [0.3, 0.4) is 0 Å². The van der Waals surface area contributed by atoms with Gasteiger partial charge in [-0.15, -0.1) is 10.2 Å². The quantitative estimate of drug-likeness (QED) is 0.371. The van der Waals surface area contributed by atoms with E-state index in [9.17, 15) is 9.59 Å². The number of nitrogens with one attached hydrogen (secondary N) is 1. The number of aromatic amines is 1. The van der Waals surface area contributed by atoms with Gasteiger partial charge in [0.2, 0.25) is 5.28 Å². The highest BCUT2D eigenvalue weighted by atomic mass is 35.5. The van der Waals surface area contributed by atoms with E-state index in [2.05, 4.69) is 25.4 Å². The van der Waals surface area contributed by atoms with E-state index < -0.39 is 11.2 Å². The van der Waals surface area contributed by atoms with E-state index in [1.165, 1.54) is 13.9 Å². The Balaban J connectivity index is 1.49. The molecular formula is C20H22Cl2N8O2. The maximum absolute atomic E-state index is 13.0. The van der Waals surface area contributed by atoms with Crippen molar-refractivity contribution < 1.29 is 0 Å². The third kappa shape index (κ3) is 4.61. The average Bonchev–Trinajstić information content (AvgIpc) is 3.38. The summed E-state index contributed by atoms with van der Waals surface area (Å²) in [5, 5.41) is 13.2. The first kappa shape index (κ1) is 22.2. The highest BCUT2D eigenvalue weighted by Crippen LogP contribution is 2.17. The smallest absolute Gasteiger partial charge is 0.323 e. The molecular weight excluding hydrogens is 455 g/mol. The Bertz CT molecular complexity index is 1350. The van der Waals surface area contributed by atoms with Crippen LogP contribution in [-0.2, 0) is 26.1 Å². The summed E-state index contributed by atoms with van der Waals surface area (Å²) in [4.78, 5) is 34.1. The molecule has 0 unspecified atom stereocenters. The van der Waals surface area contributed by atoms with Crippen molar-refractivity contribution >= 4 is 34.4 Å². The predicted molar refractivity (Wildman–Crippen MR) is 121 cm³/mol. The van der Waals surface area contributed by atoms with Gasteiger partial charge in [-0.1, -0.05) is 43.1 Å². The fourth-order valence-electron chi connectivity index (χ4n) is 3.48. The molecule has 4 rings (SSSR count). The molecule has 1 aromatic carbocycles. The molecule has 3 heterocycles. The van der Waals surface area contributed by atoms with Crippen molar-refractivity contribution in [2.75, 3.05) is 0 Å². The van der Waals surface area contributed by atoms with Crippen LogP contribution in [0.4, 0.5) is 0 Å². The van der Waals surface area contributed by atoms with Gasteiger partial charge in [0.15, 0.2) is 17.0 Å². The molecule has 168 valence electrons. The number of fused-ring (bicyclic) bond motifs is 1. The Labute approximate surface area is 192 Å². The van der Waals surface area contributed by atoms with Crippen LogP contribution in [0.25, 0.3) is 11.2 Å². The highest BCUT2D eigenvalue weighted by molar-refractivity contribution is 6.31. The number of imidazole rings is 1. The molecule has 0 spiro atoms. The Morgan fingerprint density at radius 2 is 1.81 bits per heavy atom. The lowest BCUT2D eigenvalue weighted by Gasteiger charge is -2.10. The van der Waals surface area contributed by atoms with Gasteiger partial charge in [-0.2, -0.15) is 9.78 Å². The van der Waals surface area contributed by atoms with Crippen LogP contribution in [-0.4, -0.2) is 39.3 Å². The molecule has 10 nitrogen and oxygen atoms in total. The highest BCUT2D eigenvalue weighted by Gasteiger charge is 2.17. The molecule has 3 aromatic heterocycles. The second kappa shape index (κ2) is 9.66. The summed E-state index contributed by atoms with van der Waals surface area (Å²) in [5.41, 5.74) is 0.594. The molecule has 1 N–H and O–H groups in total. The van der Waals surface area contributed by atoms with E-state index in [0.29, 0.717) is 36.8 Å². The minimum absolute atomic E-state index is 0.0809. The molecule has 12 heteroatoms. The fourth-order valence-corrected chi connectivity index (χ4v) is 3.85. The number of halogens is 2. The summed E-state index contributed by atoms with van der Waals surface area (Å²) in [7, 11) is 0. The molecule has 0 atom stereocenters. The van der Waals surface area contributed by atoms with Crippen molar-refractivity contribution in [1.82, 2.24) is 39.3 Å². The van der Waals surface area contributed by atoms with Crippen molar-refractivity contribution in [3.63, 3.8) is 0 Å². The fraction of sp³-hybridized carbons (Fsp3) is 0.400. The second-order valence-electron chi connectivity index (χ2n) is 7.39. The Kier molecular flexibility index (Phi) is 6.71. The van der Waals surface area contributed by atoms with E-state index in [0.717, 1.165) is 18.4 Å². The molecule has 0 saturated heterocycles. The van der Waals surface area contributed by atoms with Gasteiger partial charge in [0, 0.05) is 24.5 Å². The zero-order valence-corrected chi connectivity index (χ0v) is 19.0. The minimum Gasteiger partial charge on any atom is -0.323 e. The van der Waals surface area contributed by atoms with E-state index in [1.807, 2.05) is 31.2 Å². The first-order valence-corrected chi connectivity index (χ1v) is 11.1. The lowest BCUT2D eigenvalue weighted by molar-refractivity contribution is 0.451. The van der Waals surface area contributed by atoms with Crippen LogP contribution < -0.4 is 11.2 Å². The molecule has 0 fully saturated rings. The van der Waals surface area contributed by atoms with E-state index >= 15 is 0 Å². The molecule has 0 amide bonds. The molecule has 0 aliphatic heterocycles. The van der Waals surface area contributed by atoms with Gasteiger partial charge in [0.1, 0.15) is 0 Å². The molecule has 0 bridgehead atoms. The molecule has 32 heavy (non-hydrogen) atoms. The number of unbranched alkanes of at least 4 members (excludes halogenated alkanes) is 1. The van der Waals surface area contributed by atoms with Gasteiger partial charge < -0.3 is 4.98 Å². The van der Waals surface area contributed by atoms with Gasteiger partial charge in [0.05, 0.1) is 6.54 Å². The average molecular weight is 477 g/mol. The normalized spacial score (nSPS) is 11.5. The number of nitrogens with zero attached hydrogens (tertiary/aromatic N) is 7. The molecule has 0 aliphatic rings. The van der Waals surface area contributed by atoms with Crippen LogP contribution in [0.1, 0.15) is 37.6 Å². The number of aryl methyl sites for hydroxylation is 2. The number of aromatic nitrogens is 8. The minimum atomic E-state index is -0.442. The third-order valence-corrected chi connectivity index (χ3v) is 5.66. The van der Waals surface area contributed by atoms with Crippen molar-refractivity contribution in [2.45, 2.75) is 52.2 Å². The summed E-state index contributed by atoms with van der Waals surface area (Å²) in [6, 6.07) is 7.50. The largest absolute Gasteiger partial charge is 0.332 e. The second-order valence-corrected chi connectivity index (χ2v) is 8.16. The lowest BCUT2D eigenvalue weighted by Crippen LogP contribution is -2.40.